The average Bonchev–Trinajstić information content (AvgIpc) is 3.63. The number of Topliss-reactive ketones (excluding diaryl/α,β-unsaturated/α-hetero) is 1. The van der Waals surface area contributed by atoms with Crippen molar-refractivity contribution in [2.75, 3.05) is 26.2 Å². The highest BCUT2D eigenvalue weighted by atomic mass is 32.1. The third kappa shape index (κ3) is 6.53. The molecule has 0 amide bonds. The molecule has 1 N–H and O–H groups in total. The molecule has 0 unspecified atom stereocenters. The van der Waals surface area contributed by atoms with Gasteiger partial charge in [0.05, 0.1) is 23.5 Å². The van der Waals surface area contributed by atoms with E-state index in [1.54, 1.807) is 30.6 Å². The quantitative estimate of drug-likeness (QED) is 0.267. The van der Waals surface area contributed by atoms with Crippen LogP contribution in [0.1, 0.15) is 23.4 Å². The second-order valence-corrected chi connectivity index (χ2v) is 10.3. The number of pyridine rings is 1. The highest BCUT2D eigenvalue weighted by Crippen LogP contribution is 2.37. The zero-order chi connectivity index (χ0) is 26.3. The van der Waals surface area contributed by atoms with Gasteiger partial charge in [-0.15, -0.1) is 11.3 Å². The number of β-amino-alcohol motifs (C(OH)–C–C–N with tert-alkyl or cyclic N) is 1. The molecular weight excluding hydrogens is 500 g/mol. The van der Waals surface area contributed by atoms with Gasteiger partial charge in [-0.2, -0.15) is 0 Å². The molecule has 1 atom stereocenters. The van der Waals surface area contributed by atoms with E-state index in [2.05, 4.69) is 19.7 Å². The van der Waals surface area contributed by atoms with Crippen molar-refractivity contribution >= 4 is 33.7 Å². The van der Waals surface area contributed by atoms with Crippen LogP contribution in [0.15, 0.2) is 60.2 Å². The van der Waals surface area contributed by atoms with E-state index < -0.39 is 6.10 Å². The molecule has 1 aliphatic heterocycles. The molecule has 38 heavy (non-hydrogen) atoms. The van der Waals surface area contributed by atoms with Crippen LogP contribution in [0.5, 0.6) is 17.2 Å². The Morgan fingerprint density at radius 2 is 1.89 bits per heavy atom. The van der Waals surface area contributed by atoms with E-state index in [-0.39, 0.29) is 12.4 Å². The predicted molar refractivity (Wildman–Crippen MR) is 146 cm³/mol. The standard InChI is InChI=1S/C29H28N4O4S/c1-30-26-16-24-25(17-28(26)36-19-22(35)18-33-11-2-3-12-33)31-9-8-27(24)37-23-6-4-20(5-7-23)14-21(34)15-29-32-10-13-38-29/h4-10,13,16-17,22,35H,2-3,11-12,14-15,18-19H2/t22-/m1/s1. The van der Waals surface area contributed by atoms with Crippen LogP contribution in [0.3, 0.4) is 0 Å². The van der Waals surface area contributed by atoms with Crippen LogP contribution in [0.2, 0.25) is 0 Å². The molecule has 194 valence electrons. The number of hydrogen-bond acceptors (Lipinski definition) is 8. The molecule has 1 aliphatic rings. The van der Waals surface area contributed by atoms with E-state index in [9.17, 15) is 9.90 Å². The minimum atomic E-state index is -0.629. The first-order valence-corrected chi connectivity index (χ1v) is 13.5. The average molecular weight is 529 g/mol. The fourth-order valence-corrected chi connectivity index (χ4v) is 5.18. The van der Waals surface area contributed by atoms with E-state index in [1.807, 2.05) is 29.6 Å². The third-order valence-corrected chi connectivity index (χ3v) is 7.17. The van der Waals surface area contributed by atoms with Crippen LogP contribution < -0.4 is 9.47 Å². The van der Waals surface area contributed by atoms with E-state index in [0.29, 0.717) is 53.2 Å². The number of likely N-dealkylation sites (tertiary alicyclic amines) is 1. The second kappa shape index (κ2) is 12.1. The molecule has 8 nitrogen and oxygen atoms in total. The first-order chi connectivity index (χ1) is 18.6. The minimum absolute atomic E-state index is 0.111. The molecule has 2 aromatic carbocycles. The Morgan fingerprint density at radius 3 is 2.63 bits per heavy atom. The van der Waals surface area contributed by atoms with E-state index in [0.717, 1.165) is 36.5 Å². The first kappa shape index (κ1) is 25.8. The van der Waals surface area contributed by atoms with Gasteiger partial charge in [0.2, 0.25) is 5.69 Å². The second-order valence-electron chi connectivity index (χ2n) is 9.29. The lowest BCUT2D eigenvalue weighted by molar-refractivity contribution is -0.117. The molecule has 2 aromatic heterocycles. The Kier molecular flexibility index (Phi) is 8.24. The van der Waals surface area contributed by atoms with E-state index in [4.69, 9.17) is 16.0 Å². The molecule has 4 aromatic rings. The predicted octanol–water partition coefficient (Wildman–Crippen LogP) is 5.22. The summed E-state index contributed by atoms with van der Waals surface area (Å²) in [6.45, 7) is 10.3. The summed E-state index contributed by atoms with van der Waals surface area (Å²) in [6, 6.07) is 12.6. The maximum atomic E-state index is 12.3. The fraction of sp³-hybridized carbons (Fsp3) is 0.310. The van der Waals surface area contributed by atoms with Crippen LogP contribution in [0.4, 0.5) is 5.69 Å². The zero-order valence-electron chi connectivity index (χ0n) is 20.9. The number of benzene rings is 2. The lowest BCUT2D eigenvalue weighted by atomic mass is 10.1. The van der Waals surface area contributed by atoms with Gasteiger partial charge in [0, 0.05) is 36.1 Å². The molecule has 0 spiro atoms. The molecule has 5 rings (SSSR count). The summed E-state index contributed by atoms with van der Waals surface area (Å²) in [6.07, 6.45) is 5.72. The number of rotatable bonds is 11. The molecule has 0 aliphatic carbocycles. The number of carbonyl (C=O) groups excluding carboxylic acids is 1. The molecular formula is C29H28N4O4S. The summed E-state index contributed by atoms with van der Waals surface area (Å²) < 4.78 is 12.0. The summed E-state index contributed by atoms with van der Waals surface area (Å²) in [5, 5.41) is 13.8. The van der Waals surface area contributed by atoms with Crippen molar-refractivity contribution in [2.24, 2.45) is 0 Å². The van der Waals surface area contributed by atoms with Gasteiger partial charge in [0.15, 0.2) is 0 Å². The summed E-state index contributed by atoms with van der Waals surface area (Å²) in [5.41, 5.74) is 1.86. The number of thiazole rings is 1. The van der Waals surface area contributed by atoms with Crippen LogP contribution in [0.25, 0.3) is 15.7 Å². The molecule has 1 saturated heterocycles. The van der Waals surface area contributed by atoms with Crippen molar-refractivity contribution < 1.29 is 19.4 Å². The van der Waals surface area contributed by atoms with Gasteiger partial charge in [-0.1, -0.05) is 12.1 Å². The largest absolute Gasteiger partial charge is 0.502 e. The van der Waals surface area contributed by atoms with Gasteiger partial charge in [0.1, 0.15) is 35.7 Å². The van der Waals surface area contributed by atoms with E-state index >= 15 is 0 Å². The van der Waals surface area contributed by atoms with Gasteiger partial charge in [-0.05, 0) is 61.8 Å². The molecule has 9 heteroatoms. The van der Waals surface area contributed by atoms with Gasteiger partial charge in [-0.3, -0.25) is 9.78 Å². The number of ketones is 1. The number of nitrogens with zero attached hydrogens (tertiary/aromatic N) is 4. The zero-order valence-corrected chi connectivity index (χ0v) is 21.7. The number of fused-ring (bicyclic) bond motifs is 1. The fourth-order valence-electron chi connectivity index (χ4n) is 4.53. The normalized spacial score (nSPS) is 14.3. The van der Waals surface area contributed by atoms with Crippen molar-refractivity contribution in [3.05, 3.63) is 82.2 Å². The van der Waals surface area contributed by atoms with Gasteiger partial charge in [-0.25, -0.2) is 9.83 Å². The van der Waals surface area contributed by atoms with Crippen molar-refractivity contribution in [3.63, 3.8) is 0 Å². The molecule has 1 fully saturated rings. The lowest BCUT2D eigenvalue weighted by Crippen LogP contribution is -2.33. The van der Waals surface area contributed by atoms with Crippen molar-refractivity contribution in [3.8, 4) is 17.2 Å². The summed E-state index contributed by atoms with van der Waals surface area (Å²) in [4.78, 5) is 26.8. The third-order valence-electron chi connectivity index (χ3n) is 6.39. The number of carbonyl (C=O) groups is 1. The van der Waals surface area contributed by atoms with Crippen LogP contribution >= 0.6 is 11.3 Å². The van der Waals surface area contributed by atoms with Crippen LogP contribution in [-0.4, -0.2) is 58.1 Å². The van der Waals surface area contributed by atoms with E-state index in [1.165, 1.54) is 11.3 Å². The topological polar surface area (TPSA) is 89.1 Å². The summed E-state index contributed by atoms with van der Waals surface area (Å²) >= 11 is 1.48. The maximum absolute atomic E-state index is 12.3. The number of aliphatic hydroxyl groups is 1. The SMILES string of the molecule is [C-]#[N+]c1cc2c(Oc3ccc(CC(=O)Cc4nccs4)cc3)ccnc2cc1OC[C@H](O)CN1CCCC1. The van der Waals surface area contributed by atoms with Crippen LogP contribution in [0, 0.1) is 6.57 Å². The lowest BCUT2D eigenvalue weighted by Gasteiger charge is -2.20. The monoisotopic (exact) mass is 528 g/mol. The van der Waals surface area contributed by atoms with Crippen molar-refractivity contribution in [2.45, 2.75) is 31.8 Å². The van der Waals surface area contributed by atoms with Crippen molar-refractivity contribution in [1.82, 2.24) is 14.9 Å². The van der Waals surface area contributed by atoms with Gasteiger partial charge < -0.3 is 19.5 Å². The number of aliphatic hydroxyl groups excluding tert-OH is 1. The summed E-state index contributed by atoms with van der Waals surface area (Å²) in [7, 11) is 0. The molecule has 0 bridgehead atoms. The molecule has 0 radical (unpaired) electrons. The van der Waals surface area contributed by atoms with Gasteiger partial charge >= 0.3 is 0 Å². The van der Waals surface area contributed by atoms with Crippen molar-refractivity contribution in [1.29, 1.82) is 0 Å². The number of hydrogen-bond donors (Lipinski definition) is 1. The number of ether oxygens (including phenoxy) is 2. The Labute approximate surface area is 225 Å². The molecule has 3 heterocycles. The Balaban J connectivity index is 1.25. The summed E-state index contributed by atoms with van der Waals surface area (Å²) in [5.74, 6) is 1.68. The Hall–Kier alpha value is -3.84. The maximum Gasteiger partial charge on any atom is 0.229 e. The highest BCUT2D eigenvalue weighted by Gasteiger charge is 2.18. The minimum Gasteiger partial charge on any atom is -0.502 e. The Bertz CT molecular complexity index is 1430. The molecule has 0 saturated carbocycles. The number of aromatic nitrogens is 2. The van der Waals surface area contributed by atoms with Gasteiger partial charge in [0.25, 0.3) is 0 Å². The Morgan fingerprint density at radius 1 is 1.08 bits per heavy atom. The highest BCUT2D eigenvalue weighted by molar-refractivity contribution is 7.09. The van der Waals surface area contributed by atoms with Crippen LogP contribution in [-0.2, 0) is 17.6 Å². The smallest absolute Gasteiger partial charge is 0.229 e. The first-order valence-electron chi connectivity index (χ1n) is 12.6.